The number of Topliss-reactive ketones (excluding diaryl/α,β-unsaturated/α-hetero) is 1. The molecule has 0 bridgehead atoms. The molecule has 0 aromatic carbocycles. The number of hydrogen-bond donors (Lipinski definition) is 3. The second kappa shape index (κ2) is 8.64. The molecular weight excluding hydrogens is 448 g/mol. The van der Waals surface area contributed by atoms with Gasteiger partial charge >= 0.3 is 0 Å². The van der Waals surface area contributed by atoms with E-state index in [2.05, 4.69) is 53.3 Å². The first-order valence-corrected chi connectivity index (χ1v) is 14.1. The molecule has 0 radical (unpaired) electrons. The second-order valence-electron chi connectivity index (χ2n) is 14.5. The number of aliphatic hydroxyl groups excluding tert-OH is 2. The highest BCUT2D eigenvalue weighted by atomic mass is 16.3. The average molecular weight is 499 g/mol. The van der Waals surface area contributed by atoms with Crippen molar-refractivity contribution in [3.05, 3.63) is 35.5 Å². The maximum Gasteiger partial charge on any atom is 0.133 e. The van der Waals surface area contributed by atoms with E-state index in [1.165, 1.54) is 11.1 Å². The maximum absolute atomic E-state index is 13.0. The molecule has 0 heterocycles. The van der Waals surface area contributed by atoms with Gasteiger partial charge in [-0.1, -0.05) is 53.3 Å². The van der Waals surface area contributed by atoms with Crippen molar-refractivity contribution in [3.63, 3.8) is 0 Å². The van der Waals surface area contributed by atoms with Gasteiger partial charge in [0.25, 0.3) is 0 Å². The van der Waals surface area contributed by atoms with Gasteiger partial charge < -0.3 is 15.3 Å². The molecule has 202 valence electrons. The topological polar surface area (TPSA) is 77.8 Å². The first-order chi connectivity index (χ1) is 16.4. The van der Waals surface area contributed by atoms with Crippen molar-refractivity contribution >= 4 is 5.78 Å². The molecule has 3 N–H and O–H groups in total. The summed E-state index contributed by atoms with van der Waals surface area (Å²) in [6, 6.07) is 0. The Balaban J connectivity index is 1.71. The van der Waals surface area contributed by atoms with Crippen LogP contribution in [-0.2, 0) is 4.79 Å². The number of aliphatic hydroxyl groups is 3. The predicted octanol–water partition coefficient (Wildman–Crippen LogP) is 6.16. The fourth-order valence-corrected chi connectivity index (χ4v) is 9.09. The molecule has 4 rings (SSSR count). The molecule has 0 saturated heterocycles. The Morgan fingerprint density at radius 3 is 2.36 bits per heavy atom. The SMILES string of the molecule is C=C(CC[C@@H](C(C)=O)C1[C@H](O)C[C@@]2(C)C3=CC[C@H]4C(C)(C)[C@@H](O)CC[C@]4(C)C3=CC[C@]12C)C(C)(C)O. The highest BCUT2D eigenvalue weighted by molar-refractivity contribution is 5.79. The van der Waals surface area contributed by atoms with Crippen LogP contribution in [0.2, 0.25) is 0 Å². The molecule has 0 amide bonds. The summed E-state index contributed by atoms with van der Waals surface area (Å²) in [4.78, 5) is 13.0. The summed E-state index contributed by atoms with van der Waals surface area (Å²) in [7, 11) is 0. The molecule has 8 atom stereocenters. The van der Waals surface area contributed by atoms with Gasteiger partial charge in [0.2, 0.25) is 0 Å². The minimum absolute atomic E-state index is 0.0185. The third-order valence-corrected chi connectivity index (χ3v) is 11.9. The minimum Gasteiger partial charge on any atom is -0.393 e. The van der Waals surface area contributed by atoms with Crippen LogP contribution < -0.4 is 0 Å². The van der Waals surface area contributed by atoms with E-state index in [0.29, 0.717) is 25.2 Å². The second-order valence-corrected chi connectivity index (χ2v) is 14.5. The molecule has 2 saturated carbocycles. The summed E-state index contributed by atoms with van der Waals surface area (Å²) in [6.45, 7) is 20.7. The maximum atomic E-state index is 13.0. The summed E-state index contributed by atoms with van der Waals surface area (Å²) in [5.41, 5.74) is 2.00. The number of rotatable bonds is 6. The summed E-state index contributed by atoms with van der Waals surface area (Å²) >= 11 is 0. The first kappa shape index (κ1) is 27.8. The molecule has 4 aliphatic carbocycles. The lowest BCUT2D eigenvalue weighted by atomic mass is 9.44. The van der Waals surface area contributed by atoms with Gasteiger partial charge in [-0.2, -0.15) is 0 Å². The zero-order chi connectivity index (χ0) is 27.1. The number of carbonyl (C=O) groups is 1. The van der Waals surface area contributed by atoms with Crippen molar-refractivity contribution < 1.29 is 20.1 Å². The Hall–Kier alpha value is -1.23. The van der Waals surface area contributed by atoms with Crippen molar-refractivity contribution in [3.8, 4) is 0 Å². The number of hydrogen-bond acceptors (Lipinski definition) is 4. The summed E-state index contributed by atoms with van der Waals surface area (Å²) in [5.74, 6) is 0.104. The van der Waals surface area contributed by atoms with Crippen LogP contribution in [0.3, 0.4) is 0 Å². The van der Waals surface area contributed by atoms with Crippen molar-refractivity contribution in [1.82, 2.24) is 0 Å². The van der Waals surface area contributed by atoms with E-state index >= 15 is 0 Å². The first-order valence-electron chi connectivity index (χ1n) is 14.1. The third kappa shape index (κ3) is 3.84. The predicted molar refractivity (Wildman–Crippen MR) is 145 cm³/mol. The zero-order valence-corrected chi connectivity index (χ0v) is 23.9. The van der Waals surface area contributed by atoms with Crippen molar-refractivity contribution in [2.24, 2.45) is 39.4 Å². The van der Waals surface area contributed by atoms with Crippen LogP contribution in [0.1, 0.15) is 100 Å². The molecule has 0 spiro atoms. The Labute approximate surface area is 219 Å². The fourth-order valence-electron chi connectivity index (χ4n) is 9.09. The molecule has 0 aliphatic heterocycles. The largest absolute Gasteiger partial charge is 0.393 e. The van der Waals surface area contributed by atoms with Crippen molar-refractivity contribution in [1.29, 1.82) is 0 Å². The molecule has 4 heteroatoms. The number of carbonyl (C=O) groups excluding carboxylic acids is 1. The third-order valence-electron chi connectivity index (χ3n) is 11.9. The standard InChI is InChI=1S/C32H50O4/c1-19(29(5,6)36)10-11-21(20(2)33)27-24(34)18-32(9)23-12-13-25-28(3,4)26(35)15-16-30(25,7)22(23)14-17-31(27,32)8/h12,14,21,24-27,34-36H,1,10-11,13,15-18H2,2-9H3/t21-,24+,25-,26-,27?,30+,31+,32-/m0/s1. The molecule has 0 aromatic heterocycles. The van der Waals surface area contributed by atoms with Crippen LogP contribution in [0.15, 0.2) is 35.5 Å². The lowest BCUT2D eigenvalue weighted by Crippen LogP contribution is -2.54. The van der Waals surface area contributed by atoms with E-state index in [9.17, 15) is 20.1 Å². The van der Waals surface area contributed by atoms with Crippen LogP contribution in [0.25, 0.3) is 0 Å². The van der Waals surface area contributed by atoms with Gasteiger partial charge in [-0.05, 0) is 105 Å². The van der Waals surface area contributed by atoms with E-state index in [1.54, 1.807) is 20.8 Å². The van der Waals surface area contributed by atoms with E-state index in [1.807, 2.05) is 0 Å². The van der Waals surface area contributed by atoms with Crippen LogP contribution in [0.5, 0.6) is 0 Å². The monoisotopic (exact) mass is 498 g/mol. The Morgan fingerprint density at radius 1 is 1.14 bits per heavy atom. The van der Waals surface area contributed by atoms with E-state index in [4.69, 9.17) is 0 Å². The summed E-state index contributed by atoms with van der Waals surface area (Å²) < 4.78 is 0. The number of ketones is 1. The average Bonchev–Trinajstić information content (AvgIpc) is 2.96. The highest BCUT2D eigenvalue weighted by Crippen LogP contribution is 2.71. The minimum atomic E-state index is -0.975. The van der Waals surface area contributed by atoms with Crippen LogP contribution in [-0.4, -0.2) is 38.9 Å². The van der Waals surface area contributed by atoms with Gasteiger partial charge in [0.1, 0.15) is 5.78 Å². The van der Waals surface area contributed by atoms with Crippen LogP contribution in [0, 0.1) is 39.4 Å². The summed E-state index contributed by atoms with van der Waals surface area (Å²) in [6.07, 6.45) is 9.48. The molecule has 0 aromatic rings. The molecule has 4 aliphatic rings. The number of allylic oxidation sites excluding steroid dienone is 4. The van der Waals surface area contributed by atoms with Crippen LogP contribution in [0.4, 0.5) is 0 Å². The van der Waals surface area contributed by atoms with Gasteiger partial charge in [-0.3, -0.25) is 4.79 Å². The van der Waals surface area contributed by atoms with Crippen molar-refractivity contribution in [2.75, 3.05) is 0 Å². The van der Waals surface area contributed by atoms with Gasteiger partial charge in [-0.25, -0.2) is 0 Å². The summed E-state index contributed by atoms with van der Waals surface area (Å²) in [5, 5.41) is 32.8. The molecule has 2 fully saturated rings. The van der Waals surface area contributed by atoms with Gasteiger partial charge in [0, 0.05) is 17.3 Å². The molecule has 4 nitrogen and oxygen atoms in total. The normalized spacial score (nSPS) is 42.4. The van der Waals surface area contributed by atoms with Crippen molar-refractivity contribution in [2.45, 2.75) is 118 Å². The lowest BCUT2D eigenvalue weighted by Gasteiger charge is -2.61. The van der Waals surface area contributed by atoms with Gasteiger partial charge in [0.15, 0.2) is 0 Å². The fraction of sp³-hybridized carbons (Fsp3) is 0.781. The van der Waals surface area contributed by atoms with Crippen LogP contribution >= 0.6 is 0 Å². The van der Waals surface area contributed by atoms with E-state index < -0.39 is 11.7 Å². The highest BCUT2D eigenvalue weighted by Gasteiger charge is 2.66. The van der Waals surface area contributed by atoms with Gasteiger partial charge in [0.05, 0.1) is 17.8 Å². The quantitative estimate of drug-likeness (QED) is 0.384. The smallest absolute Gasteiger partial charge is 0.133 e. The molecular formula is C32H50O4. The Morgan fingerprint density at radius 2 is 1.78 bits per heavy atom. The molecule has 36 heavy (non-hydrogen) atoms. The van der Waals surface area contributed by atoms with Gasteiger partial charge in [-0.15, -0.1) is 0 Å². The lowest BCUT2D eigenvalue weighted by molar-refractivity contribution is -0.127. The zero-order valence-electron chi connectivity index (χ0n) is 23.9. The Kier molecular flexibility index (Phi) is 6.67. The number of fused-ring (bicyclic) bond motifs is 5. The Bertz CT molecular complexity index is 996. The van der Waals surface area contributed by atoms with E-state index in [0.717, 1.165) is 31.3 Å². The molecule has 1 unspecified atom stereocenters. The van der Waals surface area contributed by atoms with E-state index in [-0.39, 0.29) is 45.4 Å².